The number of nitrogens with zero attached hydrogens (tertiary/aromatic N) is 2. The van der Waals surface area contributed by atoms with Gasteiger partial charge in [-0.1, -0.05) is 41.2 Å². The van der Waals surface area contributed by atoms with E-state index in [1.807, 2.05) is 28.8 Å². The molecule has 5 nitrogen and oxygen atoms in total. The Hall–Kier alpha value is -1.69. The van der Waals surface area contributed by atoms with Gasteiger partial charge in [-0.3, -0.25) is 10.2 Å². The largest absolute Gasteiger partial charge is 0.452 e. The maximum atomic E-state index is 11.4. The quantitative estimate of drug-likeness (QED) is 0.281. The molecule has 0 aliphatic rings. The molecule has 0 saturated carbocycles. The zero-order valence-corrected chi connectivity index (χ0v) is 14.7. The van der Waals surface area contributed by atoms with Crippen molar-refractivity contribution in [3.05, 3.63) is 29.1 Å². The normalized spacial score (nSPS) is 11.4. The maximum absolute atomic E-state index is 11.4. The van der Waals surface area contributed by atoms with Gasteiger partial charge < -0.3 is 9.30 Å². The third-order valence-electron chi connectivity index (χ3n) is 2.75. The minimum Gasteiger partial charge on any atom is -0.452 e. The number of carbonyl (C=O) groups excluding carboxylic acids is 1. The predicted octanol–water partition coefficient (Wildman–Crippen LogP) is 2.38. The molecule has 1 heterocycles. The van der Waals surface area contributed by atoms with E-state index in [-0.39, 0.29) is 17.5 Å². The van der Waals surface area contributed by atoms with Gasteiger partial charge in [-0.05, 0) is 12.1 Å². The summed E-state index contributed by atoms with van der Waals surface area (Å²) in [4.78, 5) is 16.4. The average Bonchev–Trinajstić information content (AvgIpc) is 2.89. The summed E-state index contributed by atoms with van der Waals surface area (Å²) in [6.45, 7) is 0.649. The standard InChI is InChI=1S/C15H15N3O2S3/c1-2-8-20-13(19)10-22-14(16)17-15-18(7-9-21)11-5-3-4-6-12(11)23-15/h1,3-6,16,21H,7-10H2/b16-14?,17-15-. The molecule has 0 fully saturated rings. The van der Waals surface area contributed by atoms with Crippen LogP contribution >= 0.6 is 35.7 Å². The third kappa shape index (κ3) is 4.89. The number of esters is 1. The van der Waals surface area contributed by atoms with Gasteiger partial charge in [-0.2, -0.15) is 17.6 Å². The molecule has 1 aromatic carbocycles. The zero-order valence-electron chi connectivity index (χ0n) is 12.2. The highest BCUT2D eigenvalue weighted by molar-refractivity contribution is 8.14. The number of aromatic nitrogens is 1. The van der Waals surface area contributed by atoms with Crippen molar-refractivity contribution in [1.29, 1.82) is 5.41 Å². The maximum Gasteiger partial charge on any atom is 0.317 e. The van der Waals surface area contributed by atoms with Crippen LogP contribution in [0.1, 0.15) is 0 Å². The zero-order chi connectivity index (χ0) is 16.7. The molecule has 2 aromatic rings. The number of amidine groups is 1. The van der Waals surface area contributed by atoms with Gasteiger partial charge in [0.1, 0.15) is 0 Å². The van der Waals surface area contributed by atoms with Gasteiger partial charge in [0.25, 0.3) is 0 Å². The van der Waals surface area contributed by atoms with Gasteiger partial charge in [0.15, 0.2) is 16.6 Å². The molecule has 0 saturated heterocycles. The monoisotopic (exact) mass is 365 g/mol. The van der Waals surface area contributed by atoms with Crippen LogP contribution in [0.15, 0.2) is 29.3 Å². The summed E-state index contributed by atoms with van der Waals surface area (Å²) in [7, 11) is 0. The van der Waals surface area contributed by atoms with Crippen molar-refractivity contribution in [2.24, 2.45) is 4.99 Å². The molecule has 0 amide bonds. The number of terminal acetylenes is 1. The summed E-state index contributed by atoms with van der Waals surface area (Å²) in [5, 5.41) is 7.98. The summed E-state index contributed by atoms with van der Waals surface area (Å²) in [5.41, 5.74) is 1.07. The highest BCUT2D eigenvalue weighted by atomic mass is 32.2. The van der Waals surface area contributed by atoms with Crippen LogP contribution in [-0.4, -0.2) is 33.8 Å². The van der Waals surface area contributed by atoms with Crippen molar-refractivity contribution in [1.82, 2.24) is 4.57 Å². The highest BCUT2D eigenvalue weighted by Gasteiger charge is 2.08. The molecule has 23 heavy (non-hydrogen) atoms. The van der Waals surface area contributed by atoms with Crippen LogP contribution < -0.4 is 4.80 Å². The number of thioether (sulfide) groups is 1. The molecule has 0 bridgehead atoms. The molecule has 0 radical (unpaired) electrons. The summed E-state index contributed by atoms with van der Waals surface area (Å²) < 4.78 is 7.88. The summed E-state index contributed by atoms with van der Waals surface area (Å²) in [6.07, 6.45) is 5.01. The smallest absolute Gasteiger partial charge is 0.317 e. The number of fused-ring (bicyclic) bond motifs is 1. The van der Waals surface area contributed by atoms with Crippen LogP contribution in [0.3, 0.4) is 0 Å². The molecule has 1 aromatic heterocycles. The number of hydrogen-bond acceptors (Lipinski definition) is 6. The van der Waals surface area contributed by atoms with Crippen molar-refractivity contribution in [2.75, 3.05) is 18.1 Å². The van der Waals surface area contributed by atoms with E-state index in [2.05, 4.69) is 23.5 Å². The molecule has 1 N–H and O–H groups in total. The number of thiol groups is 1. The first-order valence-corrected chi connectivity index (χ1v) is 9.13. The van der Waals surface area contributed by atoms with E-state index in [1.54, 1.807) is 0 Å². The van der Waals surface area contributed by atoms with E-state index in [1.165, 1.54) is 11.3 Å². The number of benzene rings is 1. The van der Waals surface area contributed by atoms with Crippen molar-refractivity contribution < 1.29 is 9.53 Å². The first-order valence-electron chi connectivity index (χ1n) is 6.70. The second kappa shape index (κ2) is 8.82. The second-order valence-electron chi connectivity index (χ2n) is 4.30. The lowest BCUT2D eigenvalue weighted by Gasteiger charge is -2.02. The molecule has 120 valence electrons. The van der Waals surface area contributed by atoms with Crippen molar-refractivity contribution in [2.45, 2.75) is 6.54 Å². The van der Waals surface area contributed by atoms with E-state index in [0.717, 1.165) is 26.8 Å². The number of nitrogens with one attached hydrogen (secondary N) is 1. The lowest BCUT2D eigenvalue weighted by atomic mass is 10.3. The molecule has 8 heteroatoms. The van der Waals surface area contributed by atoms with E-state index < -0.39 is 5.97 Å². The fraction of sp³-hybridized carbons (Fsp3) is 0.267. The van der Waals surface area contributed by atoms with Gasteiger partial charge in [-0.25, -0.2) is 0 Å². The second-order valence-corrected chi connectivity index (χ2v) is 6.72. The Labute approximate surface area is 147 Å². The number of carbonyl (C=O) groups is 1. The van der Waals surface area contributed by atoms with Crippen LogP contribution in [0.5, 0.6) is 0 Å². The first-order chi connectivity index (χ1) is 11.2. The number of rotatable bonds is 5. The van der Waals surface area contributed by atoms with Gasteiger partial charge in [-0.15, -0.1) is 6.42 Å². The molecule has 0 aliphatic carbocycles. The Balaban J connectivity index is 2.17. The SMILES string of the molecule is C#CCOC(=O)CSC(=N)/N=c1\sc2ccccc2n1CCS. The fourth-order valence-corrected chi connectivity index (χ4v) is 3.64. The molecular formula is C15H15N3O2S3. The summed E-state index contributed by atoms with van der Waals surface area (Å²) in [6, 6.07) is 7.97. The molecular weight excluding hydrogens is 350 g/mol. The number of ether oxygens (including phenoxy) is 1. The number of hydrogen-bond donors (Lipinski definition) is 2. The average molecular weight is 366 g/mol. The lowest BCUT2D eigenvalue weighted by molar-refractivity contribution is -0.138. The Morgan fingerprint density at radius 1 is 1.52 bits per heavy atom. The Bertz CT molecular complexity index is 817. The summed E-state index contributed by atoms with van der Waals surface area (Å²) in [5.74, 6) is 2.46. The molecule has 0 spiro atoms. The fourth-order valence-electron chi connectivity index (χ4n) is 1.83. The number of thiazole rings is 1. The topological polar surface area (TPSA) is 67.4 Å². The Kier molecular flexibility index (Phi) is 6.77. The van der Waals surface area contributed by atoms with Gasteiger partial charge in [0, 0.05) is 12.3 Å². The van der Waals surface area contributed by atoms with Crippen LogP contribution in [-0.2, 0) is 16.1 Å². The minimum atomic E-state index is -0.451. The molecule has 0 aliphatic heterocycles. The van der Waals surface area contributed by atoms with E-state index in [4.69, 9.17) is 16.6 Å². The van der Waals surface area contributed by atoms with E-state index >= 15 is 0 Å². The van der Waals surface area contributed by atoms with Crippen molar-refractivity contribution in [3.63, 3.8) is 0 Å². The van der Waals surface area contributed by atoms with Crippen LogP contribution in [0.25, 0.3) is 10.2 Å². The van der Waals surface area contributed by atoms with Crippen molar-refractivity contribution >= 4 is 57.1 Å². The minimum absolute atomic E-state index is 0.0154. The molecule has 0 atom stereocenters. The number of aryl methyl sites for hydroxylation is 1. The van der Waals surface area contributed by atoms with Crippen LogP contribution in [0.4, 0.5) is 0 Å². The number of para-hydroxylation sites is 1. The van der Waals surface area contributed by atoms with Gasteiger partial charge in [0.05, 0.1) is 16.0 Å². The van der Waals surface area contributed by atoms with Gasteiger partial charge in [0.2, 0.25) is 0 Å². The van der Waals surface area contributed by atoms with Gasteiger partial charge >= 0.3 is 5.97 Å². The molecule has 0 unspecified atom stereocenters. The summed E-state index contributed by atoms with van der Waals surface area (Å²) >= 11 is 6.80. The van der Waals surface area contributed by atoms with Crippen LogP contribution in [0, 0.1) is 17.8 Å². The Morgan fingerprint density at radius 3 is 3.04 bits per heavy atom. The van der Waals surface area contributed by atoms with E-state index in [0.29, 0.717) is 12.3 Å². The lowest BCUT2D eigenvalue weighted by Crippen LogP contribution is -2.17. The highest BCUT2D eigenvalue weighted by Crippen LogP contribution is 2.17. The first kappa shape index (κ1) is 17.7. The van der Waals surface area contributed by atoms with Crippen molar-refractivity contribution in [3.8, 4) is 12.3 Å². The molecule has 2 rings (SSSR count). The Morgan fingerprint density at radius 2 is 2.30 bits per heavy atom. The third-order valence-corrected chi connectivity index (χ3v) is 4.76. The van der Waals surface area contributed by atoms with Crippen LogP contribution in [0.2, 0.25) is 0 Å². The predicted molar refractivity (Wildman–Crippen MR) is 99.2 cm³/mol. The van der Waals surface area contributed by atoms with E-state index in [9.17, 15) is 4.79 Å².